The van der Waals surface area contributed by atoms with E-state index in [1.54, 1.807) is 25.3 Å². The molecule has 0 spiro atoms. The summed E-state index contributed by atoms with van der Waals surface area (Å²) in [4.78, 5) is 12.4. The summed E-state index contributed by atoms with van der Waals surface area (Å²) < 4.78 is 13.5. The summed E-state index contributed by atoms with van der Waals surface area (Å²) in [5.74, 6) is 2.20. The van der Waals surface area contributed by atoms with E-state index in [1.807, 2.05) is 35.8 Å². The molecule has 1 atom stereocenters. The van der Waals surface area contributed by atoms with E-state index >= 15 is 0 Å². The fourth-order valence-corrected chi connectivity index (χ4v) is 3.85. The number of thioether (sulfide) groups is 1. The highest BCUT2D eigenvalue weighted by Crippen LogP contribution is 2.31. The Balaban J connectivity index is 1.73. The van der Waals surface area contributed by atoms with Crippen LogP contribution in [-0.4, -0.2) is 38.6 Å². The Labute approximate surface area is 192 Å². The lowest BCUT2D eigenvalue weighted by Gasteiger charge is -2.19. The molecular weight excluding hydrogens is 428 g/mol. The predicted molar refractivity (Wildman–Crippen MR) is 124 cm³/mol. The molecule has 0 saturated heterocycles. The van der Waals surface area contributed by atoms with Crippen LogP contribution in [0.15, 0.2) is 53.7 Å². The zero-order valence-electron chi connectivity index (χ0n) is 18.6. The highest BCUT2D eigenvalue weighted by atomic mass is 32.2. The van der Waals surface area contributed by atoms with Crippen LogP contribution in [-0.2, 0) is 11.3 Å². The number of phenolic OH excluding ortho intramolecular Hbond substituents is 1. The molecule has 2 N–H and O–H groups in total. The number of nitrogens with one attached hydrogen (secondary N) is 1. The number of anilines is 1. The van der Waals surface area contributed by atoms with Gasteiger partial charge in [0.2, 0.25) is 5.91 Å². The lowest BCUT2D eigenvalue weighted by Crippen LogP contribution is -2.17. The average Bonchev–Trinajstić information content (AvgIpc) is 3.16. The summed E-state index contributed by atoms with van der Waals surface area (Å²) >= 11 is 1.29. The first kappa shape index (κ1) is 23.5. The van der Waals surface area contributed by atoms with Crippen molar-refractivity contribution in [3.8, 4) is 17.2 Å². The van der Waals surface area contributed by atoms with Crippen LogP contribution in [0, 0.1) is 5.92 Å². The van der Waals surface area contributed by atoms with E-state index in [0.717, 1.165) is 0 Å². The molecule has 8 nitrogen and oxygen atoms in total. The normalized spacial score (nSPS) is 11.9. The summed E-state index contributed by atoms with van der Waals surface area (Å²) in [7, 11) is 1.60. The van der Waals surface area contributed by atoms with Crippen LogP contribution in [0.5, 0.6) is 17.2 Å². The monoisotopic (exact) mass is 456 g/mol. The van der Waals surface area contributed by atoms with Crippen molar-refractivity contribution in [2.24, 2.45) is 5.92 Å². The number of carbonyl (C=O) groups is 1. The van der Waals surface area contributed by atoms with Crippen LogP contribution in [0.2, 0.25) is 0 Å². The van der Waals surface area contributed by atoms with Crippen molar-refractivity contribution in [1.29, 1.82) is 0 Å². The van der Waals surface area contributed by atoms with Crippen molar-refractivity contribution in [2.45, 2.75) is 38.6 Å². The SMILES string of the molecule is COc1ccccc1OC(C)c1nnc(SCC(=O)Nc2ccccc2O)n1CC(C)C. The Morgan fingerprint density at radius 1 is 1.09 bits per heavy atom. The number of amides is 1. The molecule has 0 radical (unpaired) electrons. The maximum Gasteiger partial charge on any atom is 0.234 e. The highest BCUT2D eigenvalue weighted by molar-refractivity contribution is 7.99. The number of carbonyl (C=O) groups excluding carboxylic acids is 1. The highest BCUT2D eigenvalue weighted by Gasteiger charge is 2.22. The Bertz CT molecular complexity index is 1050. The molecule has 0 bridgehead atoms. The number of methoxy groups -OCH3 is 1. The van der Waals surface area contributed by atoms with Gasteiger partial charge in [-0.3, -0.25) is 4.79 Å². The summed E-state index contributed by atoms with van der Waals surface area (Å²) in [5, 5.41) is 21.8. The van der Waals surface area contributed by atoms with E-state index in [1.165, 1.54) is 17.8 Å². The van der Waals surface area contributed by atoms with Crippen molar-refractivity contribution in [3.63, 3.8) is 0 Å². The largest absolute Gasteiger partial charge is 0.506 e. The van der Waals surface area contributed by atoms with Crippen LogP contribution in [0.4, 0.5) is 5.69 Å². The Hall–Kier alpha value is -3.20. The van der Waals surface area contributed by atoms with Crippen LogP contribution in [0.3, 0.4) is 0 Å². The first-order valence-electron chi connectivity index (χ1n) is 10.3. The van der Waals surface area contributed by atoms with Gasteiger partial charge in [0.15, 0.2) is 28.6 Å². The van der Waals surface area contributed by atoms with E-state index in [2.05, 4.69) is 29.4 Å². The molecule has 0 aliphatic carbocycles. The third-order valence-corrected chi connectivity index (χ3v) is 5.51. The fourth-order valence-electron chi connectivity index (χ4n) is 3.10. The van der Waals surface area contributed by atoms with Crippen molar-refractivity contribution in [2.75, 3.05) is 18.2 Å². The number of benzene rings is 2. The number of hydrogen-bond acceptors (Lipinski definition) is 7. The van der Waals surface area contributed by atoms with Crippen molar-refractivity contribution in [3.05, 3.63) is 54.4 Å². The number of nitrogens with zero attached hydrogens (tertiary/aromatic N) is 3. The third kappa shape index (κ3) is 5.94. The van der Waals surface area contributed by atoms with E-state index in [4.69, 9.17) is 9.47 Å². The number of para-hydroxylation sites is 4. The second-order valence-electron chi connectivity index (χ2n) is 7.61. The minimum absolute atomic E-state index is 0.0263. The summed E-state index contributed by atoms with van der Waals surface area (Å²) in [6.07, 6.45) is -0.373. The number of phenols is 1. The van der Waals surface area contributed by atoms with E-state index in [0.29, 0.717) is 40.6 Å². The molecular formula is C23H28N4O4S. The molecule has 0 aliphatic heterocycles. The van der Waals surface area contributed by atoms with E-state index < -0.39 is 0 Å². The lowest BCUT2D eigenvalue weighted by atomic mass is 10.2. The van der Waals surface area contributed by atoms with Gasteiger partial charge in [0.1, 0.15) is 5.75 Å². The van der Waals surface area contributed by atoms with Gasteiger partial charge in [-0.2, -0.15) is 0 Å². The molecule has 3 rings (SSSR count). The van der Waals surface area contributed by atoms with Crippen LogP contribution in [0.25, 0.3) is 0 Å². The summed E-state index contributed by atoms with van der Waals surface area (Å²) in [6.45, 7) is 6.81. The average molecular weight is 457 g/mol. The van der Waals surface area contributed by atoms with Crippen molar-refractivity contribution in [1.82, 2.24) is 14.8 Å². The van der Waals surface area contributed by atoms with Crippen LogP contribution < -0.4 is 14.8 Å². The topological polar surface area (TPSA) is 98.5 Å². The molecule has 2 aromatic carbocycles. The Morgan fingerprint density at radius 3 is 2.47 bits per heavy atom. The molecule has 0 fully saturated rings. The molecule has 0 aliphatic rings. The number of ether oxygens (including phenoxy) is 2. The second-order valence-corrected chi connectivity index (χ2v) is 8.55. The maximum absolute atomic E-state index is 12.4. The van der Waals surface area contributed by atoms with Gasteiger partial charge in [0, 0.05) is 6.54 Å². The Morgan fingerprint density at radius 2 is 1.78 bits per heavy atom. The number of rotatable bonds is 10. The van der Waals surface area contributed by atoms with Gasteiger partial charge in [0.05, 0.1) is 18.6 Å². The third-order valence-electron chi connectivity index (χ3n) is 4.54. The number of hydrogen-bond donors (Lipinski definition) is 2. The van der Waals surface area contributed by atoms with Gasteiger partial charge in [-0.15, -0.1) is 10.2 Å². The van der Waals surface area contributed by atoms with Crippen LogP contribution in [0.1, 0.15) is 32.7 Å². The van der Waals surface area contributed by atoms with Crippen LogP contribution >= 0.6 is 11.8 Å². The van der Waals surface area contributed by atoms with E-state index in [-0.39, 0.29) is 23.5 Å². The standard InChI is InChI=1S/C23H28N4O4S/c1-15(2)13-27-22(16(3)31-20-12-8-7-11-19(20)30-4)25-26-23(27)32-14-21(29)24-17-9-5-6-10-18(17)28/h5-12,15-16,28H,13-14H2,1-4H3,(H,24,29). The minimum atomic E-state index is -0.373. The first-order chi connectivity index (χ1) is 15.4. The van der Waals surface area contributed by atoms with Gasteiger partial charge in [-0.1, -0.05) is 49.9 Å². The van der Waals surface area contributed by atoms with Gasteiger partial charge in [-0.25, -0.2) is 0 Å². The predicted octanol–water partition coefficient (Wildman–Crippen LogP) is 4.52. The number of aromatic hydroxyl groups is 1. The molecule has 1 heterocycles. The smallest absolute Gasteiger partial charge is 0.234 e. The fraction of sp³-hybridized carbons (Fsp3) is 0.348. The van der Waals surface area contributed by atoms with Crippen molar-refractivity contribution < 1.29 is 19.4 Å². The zero-order chi connectivity index (χ0) is 23.1. The van der Waals surface area contributed by atoms with E-state index in [9.17, 15) is 9.90 Å². The molecule has 32 heavy (non-hydrogen) atoms. The molecule has 170 valence electrons. The molecule has 1 amide bonds. The second kappa shape index (κ2) is 10.9. The van der Waals surface area contributed by atoms with Gasteiger partial charge < -0.3 is 24.5 Å². The zero-order valence-corrected chi connectivity index (χ0v) is 19.4. The molecule has 1 aromatic heterocycles. The molecule has 3 aromatic rings. The maximum atomic E-state index is 12.4. The first-order valence-corrected chi connectivity index (χ1v) is 11.3. The molecule has 9 heteroatoms. The lowest BCUT2D eigenvalue weighted by molar-refractivity contribution is -0.113. The summed E-state index contributed by atoms with van der Waals surface area (Å²) in [5.41, 5.74) is 0.376. The molecule has 0 saturated carbocycles. The summed E-state index contributed by atoms with van der Waals surface area (Å²) in [6, 6.07) is 14.1. The molecule has 1 unspecified atom stereocenters. The Kier molecular flexibility index (Phi) is 7.99. The van der Waals surface area contributed by atoms with Crippen molar-refractivity contribution >= 4 is 23.4 Å². The number of aromatic nitrogens is 3. The quantitative estimate of drug-likeness (QED) is 0.342. The van der Waals surface area contributed by atoms with Gasteiger partial charge in [0.25, 0.3) is 0 Å². The van der Waals surface area contributed by atoms with Gasteiger partial charge >= 0.3 is 0 Å². The minimum Gasteiger partial charge on any atom is -0.506 e. The van der Waals surface area contributed by atoms with Gasteiger partial charge in [-0.05, 0) is 37.1 Å².